The first-order valence-corrected chi connectivity index (χ1v) is 24.3. The third-order valence-electron chi connectivity index (χ3n) is 14.3. The number of anilines is 6. The van der Waals surface area contributed by atoms with Crippen molar-refractivity contribution in [3.63, 3.8) is 0 Å². The van der Waals surface area contributed by atoms with Crippen molar-refractivity contribution in [1.82, 2.24) is 0 Å². The van der Waals surface area contributed by atoms with E-state index < -0.39 is 0 Å². The highest BCUT2D eigenvalue weighted by molar-refractivity contribution is 7.00. The molecule has 5 heteroatoms. The van der Waals surface area contributed by atoms with Crippen molar-refractivity contribution < 1.29 is 9.47 Å². The smallest absolute Gasteiger partial charge is 0.252 e. The maximum atomic E-state index is 6.38. The van der Waals surface area contributed by atoms with Gasteiger partial charge in [0, 0.05) is 40.2 Å². The standard InChI is InChI=1S/C63H61BN2O2/c1-40-32-56-60-57(33-40)66(51-35-45(42-18-25-48(26-19-42)62(5,6)7)34-46(36-51)43-20-27-49(28-21-43)63(8,9)10)54-37-44(41-16-23-47(24-17-41)61(2,3)4)22-29-52(54)64(60)53-38-58-59(68-31-30-67-58)39-55(53)65(56)50-14-12-11-13-15-50/h11-29,32-39H,30-31H2,1-10H3. The van der Waals surface area contributed by atoms with Crippen LogP contribution in [0.3, 0.4) is 0 Å². The van der Waals surface area contributed by atoms with Gasteiger partial charge in [-0.05, 0) is 150 Å². The van der Waals surface area contributed by atoms with Gasteiger partial charge in [0.15, 0.2) is 11.5 Å². The second-order valence-electron chi connectivity index (χ2n) is 22.2. The number of hydrogen-bond donors (Lipinski definition) is 0. The molecule has 8 aromatic rings. The predicted molar refractivity (Wildman–Crippen MR) is 289 cm³/mol. The number of nitrogens with zero attached hydrogens (tertiary/aromatic N) is 2. The van der Waals surface area contributed by atoms with Crippen LogP contribution < -0.4 is 35.7 Å². The molecule has 0 spiro atoms. The van der Waals surface area contributed by atoms with E-state index in [-0.39, 0.29) is 23.0 Å². The van der Waals surface area contributed by atoms with Gasteiger partial charge in [-0.1, -0.05) is 165 Å². The van der Waals surface area contributed by atoms with Gasteiger partial charge in [-0.15, -0.1) is 0 Å². The van der Waals surface area contributed by atoms with Gasteiger partial charge in [-0.3, -0.25) is 0 Å². The summed E-state index contributed by atoms with van der Waals surface area (Å²) < 4.78 is 12.7. The molecule has 0 radical (unpaired) electrons. The van der Waals surface area contributed by atoms with E-state index in [9.17, 15) is 0 Å². The molecule has 0 bridgehead atoms. The maximum Gasteiger partial charge on any atom is 0.252 e. The van der Waals surface area contributed by atoms with Crippen molar-refractivity contribution >= 4 is 57.2 Å². The number of ether oxygens (including phenoxy) is 2. The number of rotatable bonds is 5. The largest absolute Gasteiger partial charge is 0.486 e. The number of para-hydroxylation sites is 1. The van der Waals surface area contributed by atoms with E-state index in [0.717, 1.165) is 28.6 Å². The molecule has 3 aliphatic rings. The third-order valence-corrected chi connectivity index (χ3v) is 14.3. The van der Waals surface area contributed by atoms with E-state index in [1.54, 1.807) is 0 Å². The van der Waals surface area contributed by atoms with Gasteiger partial charge < -0.3 is 19.3 Å². The zero-order chi connectivity index (χ0) is 47.3. The van der Waals surface area contributed by atoms with E-state index in [4.69, 9.17) is 9.47 Å². The van der Waals surface area contributed by atoms with Gasteiger partial charge in [0.1, 0.15) is 13.2 Å². The maximum absolute atomic E-state index is 6.38. The van der Waals surface area contributed by atoms with Crippen LogP contribution in [0.25, 0.3) is 33.4 Å². The van der Waals surface area contributed by atoms with Crippen molar-refractivity contribution in [3.8, 4) is 44.9 Å². The Morgan fingerprint density at radius 2 is 0.824 bits per heavy atom. The zero-order valence-corrected chi connectivity index (χ0v) is 41.3. The third kappa shape index (κ3) is 7.66. The van der Waals surface area contributed by atoms with Gasteiger partial charge in [0.2, 0.25) is 0 Å². The summed E-state index contributed by atoms with van der Waals surface area (Å²) in [6.07, 6.45) is 0. The Hall–Kier alpha value is -6.98. The summed E-state index contributed by atoms with van der Waals surface area (Å²) >= 11 is 0. The molecule has 0 fully saturated rings. The SMILES string of the molecule is Cc1cc2c3c(c1)N(c1ccccc1)c1cc4c(cc1B3c1ccc(-c3ccc(C(C)(C)C)cc3)cc1N2c1cc(-c2ccc(C(C)(C)C)cc2)cc(-c2ccc(C(C)(C)C)cc2)c1)OCCO4. The van der Waals surface area contributed by atoms with Gasteiger partial charge >= 0.3 is 0 Å². The quantitative estimate of drug-likeness (QED) is 0.161. The molecule has 8 aromatic carbocycles. The van der Waals surface area contributed by atoms with E-state index >= 15 is 0 Å². The first-order chi connectivity index (χ1) is 32.5. The highest BCUT2D eigenvalue weighted by Gasteiger charge is 2.44. The number of fused-ring (bicyclic) bond motifs is 5. The molecule has 68 heavy (non-hydrogen) atoms. The second-order valence-corrected chi connectivity index (χ2v) is 22.2. The summed E-state index contributed by atoms with van der Waals surface area (Å²) in [5, 5.41) is 0. The summed E-state index contributed by atoms with van der Waals surface area (Å²) in [6, 6.07) is 62.1. The summed E-state index contributed by atoms with van der Waals surface area (Å²) in [5.74, 6) is 1.58. The molecule has 4 nitrogen and oxygen atoms in total. The fourth-order valence-corrected chi connectivity index (χ4v) is 10.5. The lowest BCUT2D eigenvalue weighted by molar-refractivity contribution is 0.172. The van der Waals surface area contributed by atoms with Gasteiger partial charge in [0.05, 0.1) is 0 Å². The molecule has 11 rings (SSSR count). The average molecular weight is 889 g/mol. The molecule has 0 aliphatic carbocycles. The van der Waals surface area contributed by atoms with Crippen LogP contribution >= 0.6 is 0 Å². The second kappa shape index (κ2) is 16.1. The summed E-state index contributed by atoms with van der Waals surface area (Å²) in [4.78, 5) is 5.01. The van der Waals surface area contributed by atoms with Crippen molar-refractivity contribution in [2.45, 2.75) is 85.5 Å². The van der Waals surface area contributed by atoms with Crippen LogP contribution in [0, 0.1) is 6.92 Å². The minimum atomic E-state index is -0.0764. The predicted octanol–water partition coefficient (Wildman–Crippen LogP) is 14.7. The monoisotopic (exact) mass is 888 g/mol. The highest BCUT2D eigenvalue weighted by atomic mass is 16.6. The normalized spacial score (nSPS) is 14.1. The number of hydrogen-bond acceptors (Lipinski definition) is 4. The molecule has 3 aliphatic heterocycles. The summed E-state index contributed by atoms with van der Waals surface area (Å²) in [5.41, 5.74) is 23.0. The topological polar surface area (TPSA) is 24.9 Å². The minimum Gasteiger partial charge on any atom is -0.486 e. The molecule has 3 heterocycles. The molecule has 0 unspecified atom stereocenters. The fourth-order valence-electron chi connectivity index (χ4n) is 10.5. The molecule has 338 valence electrons. The lowest BCUT2D eigenvalue weighted by Crippen LogP contribution is -2.61. The zero-order valence-electron chi connectivity index (χ0n) is 41.3. The molecule has 0 atom stereocenters. The molecular weight excluding hydrogens is 828 g/mol. The summed E-state index contributed by atoms with van der Waals surface area (Å²) in [6.45, 7) is 23.8. The van der Waals surface area contributed by atoms with Crippen LogP contribution in [0.2, 0.25) is 0 Å². The van der Waals surface area contributed by atoms with Crippen molar-refractivity contribution in [3.05, 3.63) is 186 Å². The van der Waals surface area contributed by atoms with Crippen LogP contribution in [0.4, 0.5) is 34.1 Å². The Balaban J connectivity index is 1.20. The summed E-state index contributed by atoms with van der Waals surface area (Å²) in [7, 11) is 0. The van der Waals surface area contributed by atoms with Crippen molar-refractivity contribution in [2.75, 3.05) is 23.0 Å². The average Bonchev–Trinajstić information content (AvgIpc) is 3.32. The Labute approximate surface area is 404 Å². The van der Waals surface area contributed by atoms with E-state index in [0.29, 0.717) is 13.2 Å². The molecule has 0 amide bonds. The first-order valence-electron chi connectivity index (χ1n) is 24.3. The van der Waals surface area contributed by atoms with E-state index in [2.05, 4.69) is 243 Å². The van der Waals surface area contributed by atoms with Crippen LogP contribution in [0.1, 0.15) is 84.6 Å². The molecule has 0 saturated heterocycles. The molecule has 0 aromatic heterocycles. The van der Waals surface area contributed by atoms with Crippen LogP contribution in [-0.4, -0.2) is 19.9 Å². The van der Waals surface area contributed by atoms with E-state index in [1.807, 2.05) is 0 Å². The Bertz CT molecular complexity index is 3150. The van der Waals surface area contributed by atoms with Crippen molar-refractivity contribution in [2.24, 2.45) is 0 Å². The Morgan fingerprint density at radius 3 is 1.32 bits per heavy atom. The lowest BCUT2D eigenvalue weighted by atomic mass is 9.33. The highest BCUT2D eigenvalue weighted by Crippen LogP contribution is 2.48. The first kappa shape index (κ1) is 43.6. The molecule has 0 saturated carbocycles. The van der Waals surface area contributed by atoms with Crippen molar-refractivity contribution in [1.29, 1.82) is 0 Å². The van der Waals surface area contributed by atoms with Crippen LogP contribution in [0.15, 0.2) is 164 Å². The molecular formula is C63H61BN2O2. The number of benzene rings is 8. The van der Waals surface area contributed by atoms with Crippen LogP contribution in [0.5, 0.6) is 11.5 Å². The van der Waals surface area contributed by atoms with E-state index in [1.165, 1.54) is 89.1 Å². The molecule has 0 N–H and O–H groups in total. The van der Waals surface area contributed by atoms with Crippen LogP contribution in [-0.2, 0) is 16.2 Å². The minimum absolute atomic E-state index is 0.0497. The Morgan fingerprint density at radius 1 is 0.382 bits per heavy atom. The van der Waals surface area contributed by atoms with Gasteiger partial charge in [-0.25, -0.2) is 0 Å². The van der Waals surface area contributed by atoms with Gasteiger partial charge in [-0.2, -0.15) is 0 Å². The fraction of sp³-hybridized carbons (Fsp3) is 0.238. The lowest BCUT2D eigenvalue weighted by Gasteiger charge is -2.45. The van der Waals surface area contributed by atoms with Gasteiger partial charge in [0.25, 0.3) is 6.71 Å². The number of aryl methyl sites for hydroxylation is 1. The Kier molecular flexibility index (Phi) is 10.3.